The molecule has 0 spiro atoms. The lowest BCUT2D eigenvalue weighted by Gasteiger charge is -2.32. The molecular formula is C24H30FN7O. The zero-order valence-corrected chi connectivity index (χ0v) is 18.9. The number of aryl methyl sites for hydroxylation is 1. The van der Waals surface area contributed by atoms with Crippen LogP contribution >= 0.6 is 0 Å². The summed E-state index contributed by atoms with van der Waals surface area (Å²) in [6.45, 7) is 3.75. The Hall–Kier alpha value is -3.33. The van der Waals surface area contributed by atoms with Crippen molar-refractivity contribution in [2.45, 2.75) is 25.7 Å². The molecule has 4 rings (SSSR count). The van der Waals surface area contributed by atoms with Gasteiger partial charge in [0.25, 0.3) is 0 Å². The first-order chi connectivity index (χ1) is 16.1. The van der Waals surface area contributed by atoms with Crippen LogP contribution < -0.4 is 10.6 Å². The third kappa shape index (κ3) is 6.58. The number of piperidine rings is 1. The summed E-state index contributed by atoms with van der Waals surface area (Å²) < 4.78 is 14.7. The van der Waals surface area contributed by atoms with Crippen LogP contribution in [0.15, 0.2) is 48.5 Å². The van der Waals surface area contributed by atoms with E-state index >= 15 is 0 Å². The quantitative estimate of drug-likeness (QED) is 0.512. The van der Waals surface area contributed by atoms with Crippen LogP contribution in [-0.2, 0) is 13.5 Å². The number of hydrogen-bond acceptors (Lipinski definition) is 5. The second-order valence-electron chi connectivity index (χ2n) is 8.55. The molecule has 1 aliphatic rings. The topological polar surface area (TPSA) is 88.0 Å². The summed E-state index contributed by atoms with van der Waals surface area (Å²) in [5, 5.41) is 17.2. The van der Waals surface area contributed by atoms with Gasteiger partial charge in [-0.2, -0.15) is 0 Å². The van der Waals surface area contributed by atoms with E-state index in [1.54, 1.807) is 23.9 Å². The number of likely N-dealkylation sites (tertiary alicyclic amines) is 1. The maximum absolute atomic E-state index is 13.1. The number of hydrogen-bond donors (Lipinski definition) is 2. The Balaban J connectivity index is 1.10. The summed E-state index contributed by atoms with van der Waals surface area (Å²) in [5.74, 6) is 1.15. The number of nitrogens with one attached hydrogen (secondary N) is 2. The van der Waals surface area contributed by atoms with Gasteiger partial charge in [-0.1, -0.05) is 12.1 Å². The predicted molar refractivity (Wildman–Crippen MR) is 125 cm³/mol. The molecule has 1 aliphatic heterocycles. The molecule has 0 aliphatic carbocycles. The van der Waals surface area contributed by atoms with E-state index in [2.05, 4.69) is 31.1 Å². The van der Waals surface area contributed by atoms with Crippen molar-refractivity contribution in [2.75, 3.05) is 31.5 Å². The van der Waals surface area contributed by atoms with Crippen molar-refractivity contribution in [1.82, 2.24) is 30.4 Å². The summed E-state index contributed by atoms with van der Waals surface area (Å²) in [7, 11) is 1.78. The van der Waals surface area contributed by atoms with Gasteiger partial charge >= 0.3 is 6.03 Å². The number of anilines is 1. The first kappa shape index (κ1) is 22.8. The van der Waals surface area contributed by atoms with Gasteiger partial charge in [-0.3, -0.25) is 0 Å². The van der Waals surface area contributed by atoms with Crippen molar-refractivity contribution in [3.63, 3.8) is 0 Å². The first-order valence-electron chi connectivity index (χ1n) is 11.4. The largest absolute Gasteiger partial charge is 0.338 e. The van der Waals surface area contributed by atoms with Gasteiger partial charge in [-0.05, 0) is 104 Å². The number of tetrazole rings is 1. The van der Waals surface area contributed by atoms with Gasteiger partial charge in [-0.15, -0.1) is 5.10 Å². The number of halogens is 1. The van der Waals surface area contributed by atoms with Crippen LogP contribution in [0.1, 0.15) is 24.8 Å². The SMILES string of the molecule is Cn1nnnc1-c1ccc(NC(=O)NCCCN2CCC(Cc3ccc(F)cc3)CC2)cc1. The highest BCUT2D eigenvalue weighted by Crippen LogP contribution is 2.22. The second kappa shape index (κ2) is 11.0. The number of amides is 2. The van der Waals surface area contributed by atoms with Crippen molar-refractivity contribution in [3.05, 3.63) is 59.9 Å². The number of rotatable bonds is 8. The van der Waals surface area contributed by atoms with E-state index in [4.69, 9.17) is 0 Å². The van der Waals surface area contributed by atoms with Gasteiger partial charge in [0, 0.05) is 24.8 Å². The van der Waals surface area contributed by atoms with Gasteiger partial charge in [-0.25, -0.2) is 13.9 Å². The monoisotopic (exact) mass is 451 g/mol. The molecule has 1 aromatic heterocycles. The summed E-state index contributed by atoms with van der Waals surface area (Å²) >= 11 is 0. The van der Waals surface area contributed by atoms with Crippen molar-refractivity contribution in [1.29, 1.82) is 0 Å². The van der Waals surface area contributed by atoms with E-state index < -0.39 is 0 Å². The Morgan fingerprint density at radius 1 is 1.09 bits per heavy atom. The molecule has 2 aromatic carbocycles. The zero-order chi connectivity index (χ0) is 23.0. The average molecular weight is 452 g/mol. The number of benzene rings is 2. The highest BCUT2D eigenvalue weighted by molar-refractivity contribution is 5.89. The molecule has 8 nitrogen and oxygen atoms in total. The summed E-state index contributed by atoms with van der Waals surface area (Å²) in [4.78, 5) is 14.6. The Bertz CT molecular complexity index is 1030. The maximum Gasteiger partial charge on any atom is 0.319 e. The van der Waals surface area contributed by atoms with Crippen LogP contribution in [0, 0.1) is 11.7 Å². The lowest BCUT2D eigenvalue weighted by atomic mass is 9.90. The molecule has 174 valence electrons. The van der Waals surface area contributed by atoms with Crippen LogP contribution in [-0.4, -0.2) is 57.3 Å². The fraction of sp³-hybridized carbons (Fsp3) is 0.417. The van der Waals surface area contributed by atoms with Gasteiger partial charge in [0.2, 0.25) is 0 Å². The number of carbonyl (C=O) groups excluding carboxylic acids is 1. The Kier molecular flexibility index (Phi) is 7.62. The Labute approximate surface area is 193 Å². The van der Waals surface area contributed by atoms with Crippen molar-refractivity contribution < 1.29 is 9.18 Å². The van der Waals surface area contributed by atoms with Crippen LogP contribution in [0.25, 0.3) is 11.4 Å². The second-order valence-corrected chi connectivity index (χ2v) is 8.55. The van der Waals surface area contributed by atoms with E-state index in [9.17, 15) is 9.18 Å². The van der Waals surface area contributed by atoms with Crippen molar-refractivity contribution >= 4 is 11.7 Å². The van der Waals surface area contributed by atoms with E-state index in [1.165, 1.54) is 5.56 Å². The molecule has 2 heterocycles. The maximum atomic E-state index is 13.1. The van der Waals surface area contributed by atoms with E-state index in [-0.39, 0.29) is 11.8 Å². The summed E-state index contributed by atoms with van der Waals surface area (Å²) in [6, 6.07) is 14.1. The fourth-order valence-corrected chi connectivity index (χ4v) is 4.22. The molecule has 0 radical (unpaired) electrons. The van der Waals surface area contributed by atoms with E-state index in [0.29, 0.717) is 18.3 Å². The molecule has 0 atom stereocenters. The Morgan fingerprint density at radius 3 is 2.48 bits per heavy atom. The Morgan fingerprint density at radius 2 is 1.82 bits per heavy atom. The first-order valence-corrected chi connectivity index (χ1v) is 11.4. The highest BCUT2D eigenvalue weighted by Gasteiger charge is 2.19. The fourth-order valence-electron chi connectivity index (χ4n) is 4.22. The standard InChI is InChI=1S/C24H30FN7O/c1-31-23(28-29-30-31)20-5-9-22(10-6-20)27-24(33)26-13-2-14-32-15-11-19(12-16-32)17-18-3-7-21(25)8-4-18/h3-10,19H,2,11-17H2,1H3,(H2,26,27,33). The highest BCUT2D eigenvalue weighted by atomic mass is 19.1. The van der Waals surface area contributed by atoms with Gasteiger partial charge in [0.05, 0.1) is 0 Å². The lowest BCUT2D eigenvalue weighted by molar-refractivity contribution is 0.182. The van der Waals surface area contributed by atoms with E-state index in [1.807, 2.05) is 36.4 Å². The normalized spacial score (nSPS) is 14.8. The molecule has 1 fully saturated rings. The van der Waals surface area contributed by atoms with Gasteiger partial charge < -0.3 is 15.5 Å². The third-order valence-electron chi connectivity index (χ3n) is 6.10. The molecule has 2 amide bonds. The molecule has 0 saturated carbocycles. The molecule has 9 heteroatoms. The molecule has 0 unspecified atom stereocenters. The van der Waals surface area contributed by atoms with Gasteiger partial charge in [0.15, 0.2) is 5.82 Å². The van der Waals surface area contributed by atoms with Crippen LogP contribution in [0.5, 0.6) is 0 Å². The molecular weight excluding hydrogens is 421 g/mol. The van der Waals surface area contributed by atoms with Crippen LogP contribution in [0.2, 0.25) is 0 Å². The number of urea groups is 1. The third-order valence-corrected chi connectivity index (χ3v) is 6.10. The minimum absolute atomic E-state index is 0.176. The van der Waals surface area contributed by atoms with Gasteiger partial charge in [0.1, 0.15) is 5.82 Å². The molecule has 33 heavy (non-hydrogen) atoms. The van der Waals surface area contributed by atoms with Crippen LogP contribution in [0.4, 0.5) is 14.9 Å². The lowest BCUT2D eigenvalue weighted by Crippen LogP contribution is -2.37. The van der Waals surface area contributed by atoms with Crippen molar-refractivity contribution in [3.8, 4) is 11.4 Å². The van der Waals surface area contributed by atoms with Crippen molar-refractivity contribution in [2.24, 2.45) is 13.0 Å². The minimum atomic E-state index is -0.207. The van der Waals surface area contributed by atoms with E-state index in [0.717, 1.165) is 56.6 Å². The number of nitrogens with zero attached hydrogens (tertiary/aromatic N) is 5. The number of aromatic nitrogens is 4. The van der Waals surface area contributed by atoms with Crippen LogP contribution in [0.3, 0.4) is 0 Å². The number of carbonyl (C=O) groups is 1. The molecule has 1 saturated heterocycles. The average Bonchev–Trinajstić information content (AvgIpc) is 3.26. The molecule has 0 bridgehead atoms. The summed E-state index contributed by atoms with van der Waals surface area (Å²) in [6.07, 6.45) is 4.25. The molecule has 3 aromatic rings. The predicted octanol–water partition coefficient (Wildman–Crippen LogP) is 3.48. The zero-order valence-electron chi connectivity index (χ0n) is 18.9. The smallest absolute Gasteiger partial charge is 0.319 e. The molecule has 2 N–H and O–H groups in total. The minimum Gasteiger partial charge on any atom is -0.338 e. The summed E-state index contributed by atoms with van der Waals surface area (Å²) in [5.41, 5.74) is 2.81.